The van der Waals surface area contributed by atoms with Crippen LogP contribution in [0, 0.1) is 0 Å². The van der Waals surface area contributed by atoms with Crippen LogP contribution in [-0.2, 0) is 6.54 Å². The van der Waals surface area contributed by atoms with Crippen molar-refractivity contribution in [1.82, 2.24) is 15.0 Å². The van der Waals surface area contributed by atoms with Crippen molar-refractivity contribution in [2.75, 3.05) is 5.73 Å². The number of aromatic nitrogens is 3. The van der Waals surface area contributed by atoms with Crippen LogP contribution in [0.15, 0.2) is 53.7 Å². The molecule has 5 nitrogen and oxygen atoms in total. The van der Waals surface area contributed by atoms with Crippen molar-refractivity contribution < 1.29 is 0 Å². The van der Waals surface area contributed by atoms with E-state index in [1.54, 1.807) is 6.20 Å². The zero-order chi connectivity index (χ0) is 14.9. The highest BCUT2D eigenvalue weighted by molar-refractivity contribution is 5.92. The van der Waals surface area contributed by atoms with Gasteiger partial charge in [-0.3, -0.25) is 9.98 Å². The zero-order valence-corrected chi connectivity index (χ0v) is 11.8. The molecular formula is C17H13N5. The molecule has 0 amide bonds. The Kier molecular flexibility index (Phi) is 2.89. The van der Waals surface area contributed by atoms with E-state index in [9.17, 15) is 0 Å². The van der Waals surface area contributed by atoms with Gasteiger partial charge in [0, 0.05) is 29.1 Å². The summed E-state index contributed by atoms with van der Waals surface area (Å²) in [5.41, 5.74) is 11.3. The third-order valence-corrected chi connectivity index (χ3v) is 3.63. The van der Waals surface area contributed by atoms with E-state index in [0.717, 1.165) is 33.8 Å². The van der Waals surface area contributed by atoms with E-state index >= 15 is 0 Å². The van der Waals surface area contributed by atoms with E-state index in [0.29, 0.717) is 6.54 Å². The number of nitrogens with two attached hydrogens (primary N) is 1. The first-order valence-corrected chi connectivity index (χ1v) is 7.00. The predicted octanol–water partition coefficient (Wildman–Crippen LogP) is 2.72. The molecule has 106 valence electrons. The molecule has 1 aliphatic heterocycles. The molecule has 0 atom stereocenters. The summed E-state index contributed by atoms with van der Waals surface area (Å²) in [5, 5.41) is 0. The Balaban J connectivity index is 2.03. The lowest BCUT2D eigenvalue weighted by Crippen LogP contribution is -2.05. The van der Waals surface area contributed by atoms with Gasteiger partial charge in [-0.15, -0.1) is 0 Å². The summed E-state index contributed by atoms with van der Waals surface area (Å²) >= 11 is 0. The lowest BCUT2D eigenvalue weighted by molar-refractivity contribution is 1.03. The maximum absolute atomic E-state index is 5.94. The van der Waals surface area contributed by atoms with Gasteiger partial charge < -0.3 is 5.73 Å². The first-order chi connectivity index (χ1) is 10.8. The molecule has 1 aliphatic rings. The summed E-state index contributed by atoms with van der Waals surface area (Å²) in [6, 6.07) is 13.7. The number of rotatable bonds is 1. The van der Waals surface area contributed by atoms with Crippen molar-refractivity contribution in [3.05, 3.63) is 59.8 Å². The quantitative estimate of drug-likeness (QED) is 0.746. The monoisotopic (exact) mass is 287 g/mol. The molecule has 3 heterocycles. The number of aliphatic imine (C=N–C) groups is 1. The number of nitrogens with zero attached hydrogens (tertiary/aromatic N) is 4. The maximum Gasteiger partial charge on any atom is 0.221 e. The predicted molar refractivity (Wildman–Crippen MR) is 86.4 cm³/mol. The molecule has 0 unspecified atom stereocenters. The van der Waals surface area contributed by atoms with E-state index in [4.69, 9.17) is 5.73 Å². The van der Waals surface area contributed by atoms with Gasteiger partial charge in [-0.25, -0.2) is 9.97 Å². The molecule has 4 rings (SSSR count). The van der Waals surface area contributed by atoms with Crippen LogP contribution < -0.4 is 5.73 Å². The lowest BCUT2D eigenvalue weighted by atomic mass is 10.00. The third kappa shape index (κ3) is 2.03. The van der Waals surface area contributed by atoms with E-state index in [2.05, 4.69) is 19.9 Å². The standard InChI is InChI=1S/C17H13N5/c18-17-21-15-12-6-2-1-5-11(12)9-19-10-13(15)16(22-17)14-7-3-4-8-20-14/h1-9H,10H2,(H2,18,21,22). The van der Waals surface area contributed by atoms with Gasteiger partial charge in [0.25, 0.3) is 0 Å². The first kappa shape index (κ1) is 12.6. The largest absolute Gasteiger partial charge is 0.368 e. The van der Waals surface area contributed by atoms with Crippen LogP contribution in [0.3, 0.4) is 0 Å². The number of anilines is 1. The van der Waals surface area contributed by atoms with Crippen molar-refractivity contribution in [2.24, 2.45) is 4.99 Å². The van der Waals surface area contributed by atoms with Gasteiger partial charge in [0.1, 0.15) is 0 Å². The fourth-order valence-corrected chi connectivity index (χ4v) is 2.65. The average Bonchev–Trinajstić information content (AvgIpc) is 2.75. The molecule has 0 saturated carbocycles. The Hall–Kier alpha value is -3.08. The number of benzene rings is 1. The Morgan fingerprint density at radius 3 is 2.59 bits per heavy atom. The lowest BCUT2D eigenvalue weighted by Gasteiger charge is -2.12. The Morgan fingerprint density at radius 2 is 1.73 bits per heavy atom. The highest BCUT2D eigenvalue weighted by Gasteiger charge is 2.20. The second-order valence-electron chi connectivity index (χ2n) is 5.03. The summed E-state index contributed by atoms with van der Waals surface area (Å²) in [6.07, 6.45) is 3.61. The highest BCUT2D eigenvalue weighted by Crippen LogP contribution is 2.33. The van der Waals surface area contributed by atoms with Crippen LogP contribution in [0.1, 0.15) is 11.1 Å². The van der Waals surface area contributed by atoms with Crippen LogP contribution in [0.4, 0.5) is 5.95 Å². The van der Waals surface area contributed by atoms with Crippen LogP contribution in [0.5, 0.6) is 0 Å². The summed E-state index contributed by atoms with van der Waals surface area (Å²) < 4.78 is 0. The van der Waals surface area contributed by atoms with Crippen LogP contribution in [-0.4, -0.2) is 21.2 Å². The molecule has 0 aliphatic carbocycles. The SMILES string of the molecule is Nc1nc(-c2ccccn2)c2c(n1)-c1ccccc1C=NC2. The van der Waals surface area contributed by atoms with Crippen molar-refractivity contribution in [1.29, 1.82) is 0 Å². The van der Waals surface area contributed by atoms with E-state index in [1.165, 1.54) is 0 Å². The molecule has 3 aromatic rings. The topological polar surface area (TPSA) is 77.0 Å². The summed E-state index contributed by atoms with van der Waals surface area (Å²) in [5.74, 6) is 0.246. The number of pyridine rings is 1. The maximum atomic E-state index is 5.94. The molecule has 1 aromatic carbocycles. The average molecular weight is 287 g/mol. The molecule has 0 bridgehead atoms. The van der Waals surface area contributed by atoms with Gasteiger partial charge in [-0.2, -0.15) is 0 Å². The highest BCUT2D eigenvalue weighted by atomic mass is 15.0. The second-order valence-corrected chi connectivity index (χ2v) is 5.03. The molecule has 0 saturated heterocycles. The molecule has 2 N–H and O–H groups in total. The fourth-order valence-electron chi connectivity index (χ4n) is 2.65. The fraction of sp³-hybridized carbons (Fsp3) is 0.0588. The summed E-state index contributed by atoms with van der Waals surface area (Å²) in [6.45, 7) is 0.510. The van der Waals surface area contributed by atoms with Crippen molar-refractivity contribution in [3.8, 4) is 22.6 Å². The van der Waals surface area contributed by atoms with Gasteiger partial charge in [0.05, 0.1) is 23.6 Å². The van der Waals surface area contributed by atoms with Crippen LogP contribution in [0.25, 0.3) is 22.6 Å². The summed E-state index contributed by atoms with van der Waals surface area (Å²) in [4.78, 5) is 17.7. The second kappa shape index (κ2) is 5.04. The Morgan fingerprint density at radius 1 is 0.909 bits per heavy atom. The van der Waals surface area contributed by atoms with E-state index in [-0.39, 0.29) is 5.95 Å². The zero-order valence-electron chi connectivity index (χ0n) is 11.8. The number of hydrogen-bond acceptors (Lipinski definition) is 5. The van der Waals surface area contributed by atoms with E-state index in [1.807, 2.05) is 48.7 Å². The minimum atomic E-state index is 0.246. The van der Waals surface area contributed by atoms with Gasteiger partial charge in [0.2, 0.25) is 5.95 Å². The van der Waals surface area contributed by atoms with Gasteiger partial charge in [-0.1, -0.05) is 30.3 Å². The molecule has 0 spiro atoms. The molecule has 0 fully saturated rings. The molecule has 0 radical (unpaired) electrons. The number of fused-ring (bicyclic) bond motifs is 3. The van der Waals surface area contributed by atoms with Gasteiger partial charge in [0.15, 0.2) is 0 Å². The minimum Gasteiger partial charge on any atom is -0.368 e. The van der Waals surface area contributed by atoms with Crippen molar-refractivity contribution >= 4 is 12.2 Å². The van der Waals surface area contributed by atoms with Crippen molar-refractivity contribution in [2.45, 2.75) is 6.54 Å². The van der Waals surface area contributed by atoms with E-state index < -0.39 is 0 Å². The van der Waals surface area contributed by atoms with Crippen LogP contribution >= 0.6 is 0 Å². The van der Waals surface area contributed by atoms with Crippen LogP contribution in [0.2, 0.25) is 0 Å². The third-order valence-electron chi connectivity index (χ3n) is 3.63. The minimum absolute atomic E-state index is 0.246. The number of nitrogen functional groups attached to an aromatic ring is 1. The molecule has 2 aromatic heterocycles. The smallest absolute Gasteiger partial charge is 0.221 e. The first-order valence-electron chi connectivity index (χ1n) is 7.00. The molecule has 5 heteroatoms. The number of hydrogen-bond donors (Lipinski definition) is 1. The summed E-state index contributed by atoms with van der Waals surface area (Å²) in [7, 11) is 0. The molecular weight excluding hydrogens is 274 g/mol. The Bertz CT molecular complexity index is 871. The molecule has 22 heavy (non-hydrogen) atoms. The Labute approximate surface area is 127 Å². The normalized spacial score (nSPS) is 12.4. The van der Waals surface area contributed by atoms with Crippen molar-refractivity contribution in [3.63, 3.8) is 0 Å². The van der Waals surface area contributed by atoms with Gasteiger partial charge >= 0.3 is 0 Å². The van der Waals surface area contributed by atoms with Gasteiger partial charge in [-0.05, 0) is 12.1 Å².